The molecule has 4 nitrogen and oxygen atoms in total. The van der Waals surface area contributed by atoms with Gasteiger partial charge in [0.2, 0.25) is 0 Å². The van der Waals surface area contributed by atoms with Crippen molar-refractivity contribution in [3.05, 3.63) is 35.9 Å². The van der Waals surface area contributed by atoms with E-state index in [0.717, 1.165) is 24.3 Å². The van der Waals surface area contributed by atoms with Crippen LogP contribution in [0.1, 0.15) is 0 Å². The predicted molar refractivity (Wildman–Crippen MR) is 63.9 cm³/mol. The van der Waals surface area contributed by atoms with Gasteiger partial charge in [-0.15, -0.1) is 0 Å². The van der Waals surface area contributed by atoms with Gasteiger partial charge in [0.05, 0.1) is 11.4 Å². The SMILES string of the molecule is Nc1cc(F)c(-c2cc(O)c(N)cc2F)cc1O. The van der Waals surface area contributed by atoms with Crippen molar-refractivity contribution in [1.29, 1.82) is 0 Å². The zero-order chi connectivity index (χ0) is 13.4. The molecule has 2 aromatic rings. The largest absolute Gasteiger partial charge is 0.506 e. The zero-order valence-corrected chi connectivity index (χ0v) is 9.11. The number of halogens is 2. The van der Waals surface area contributed by atoms with E-state index in [1.54, 1.807) is 0 Å². The second-order valence-electron chi connectivity index (χ2n) is 3.78. The summed E-state index contributed by atoms with van der Waals surface area (Å²) in [5, 5.41) is 18.8. The zero-order valence-electron chi connectivity index (χ0n) is 9.11. The first-order chi connectivity index (χ1) is 8.40. The summed E-state index contributed by atoms with van der Waals surface area (Å²) >= 11 is 0. The van der Waals surface area contributed by atoms with Crippen LogP contribution in [0.2, 0.25) is 0 Å². The van der Waals surface area contributed by atoms with Gasteiger partial charge in [0, 0.05) is 23.3 Å². The minimum absolute atomic E-state index is 0.156. The maximum Gasteiger partial charge on any atom is 0.139 e. The number of hydrogen-bond acceptors (Lipinski definition) is 4. The second-order valence-corrected chi connectivity index (χ2v) is 3.78. The van der Waals surface area contributed by atoms with E-state index in [-0.39, 0.29) is 34.0 Å². The third kappa shape index (κ3) is 1.88. The van der Waals surface area contributed by atoms with Crippen molar-refractivity contribution < 1.29 is 19.0 Å². The lowest BCUT2D eigenvalue weighted by molar-refractivity contribution is 0.474. The topological polar surface area (TPSA) is 92.5 Å². The molecule has 0 atom stereocenters. The Kier molecular flexibility index (Phi) is 2.70. The van der Waals surface area contributed by atoms with E-state index < -0.39 is 11.6 Å². The van der Waals surface area contributed by atoms with Crippen molar-refractivity contribution in [3.8, 4) is 22.6 Å². The minimum Gasteiger partial charge on any atom is -0.506 e. The van der Waals surface area contributed by atoms with Crippen molar-refractivity contribution in [2.45, 2.75) is 0 Å². The van der Waals surface area contributed by atoms with Crippen LogP contribution in [0.25, 0.3) is 11.1 Å². The summed E-state index contributed by atoms with van der Waals surface area (Å²) in [7, 11) is 0. The third-order valence-corrected chi connectivity index (χ3v) is 2.52. The molecule has 0 amide bonds. The average molecular weight is 252 g/mol. The Bertz CT molecular complexity index is 574. The Morgan fingerprint density at radius 3 is 1.39 bits per heavy atom. The highest BCUT2D eigenvalue weighted by atomic mass is 19.1. The first kappa shape index (κ1) is 12.0. The number of nitrogen functional groups attached to an aromatic ring is 2. The molecule has 6 heteroatoms. The molecule has 0 aliphatic heterocycles. The fourth-order valence-corrected chi connectivity index (χ4v) is 1.57. The molecule has 0 bridgehead atoms. The highest BCUT2D eigenvalue weighted by molar-refractivity contribution is 5.74. The lowest BCUT2D eigenvalue weighted by Gasteiger charge is -2.09. The third-order valence-electron chi connectivity index (χ3n) is 2.52. The summed E-state index contributed by atoms with van der Waals surface area (Å²) in [6.45, 7) is 0. The molecule has 2 rings (SSSR count). The summed E-state index contributed by atoms with van der Waals surface area (Å²) < 4.78 is 27.3. The molecule has 18 heavy (non-hydrogen) atoms. The first-order valence-corrected chi connectivity index (χ1v) is 4.96. The Hall–Kier alpha value is -2.50. The van der Waals surface area contributed by atoms with Gasteiger partial charge >= 0.3 is 0 Å². The van der Waals surface area contributed by atoms with E-state index in [1.165, 1.54) is 0 Å². The number of aromatic hydroxyl groups is 2. The number of hydrogen-bond donors (Lipinski definition) is 4. The van der Waals surface area contributed by atoms with E-state index in [9.17, 15) is 19.0 Å². The standard InChI is InChI=1S/C12H10F2N2O2/c13-7-3-9(15)11(17)1-5(7)6-2-12(18)10(16)4-8(6)14/h1-4,17-18H,15-16H2. The Morgan fingerprint density at radius 1 is 0.722 bits per heavy atom. The van der Waals surface area contributed by atoms with Crippen molar-refractivity contribution in [3.63, 3.8) is 0 Å². The van der Waals surface area contributed by atoms with Gasteiger partial charge in [0.25, 0.3) is 0 Å². The molecule has 0 saturated carbocycles. The first-order valence-electron chi connectivity index (χ1n) is 4.96. The number of anilines is 2. The van der Waals surface area contributed by atoms with Gasteiger partial charge in [-0.05, 0) is 12.1 Å². The van der Waals surface area contributed by atoms with Crippen molar-refractivity contribution in [2.75, 3.05) is 11.5 Å². The molecule has 6 N–H and O–H groups in total. The van der Waals surface area contributed by atoms with Gasteiger partial charge in [0.15, 0.2) is 0 Å². The molecule has 0 fully saturated rings. The van der Waals surface area contributed by atoms with Gasteiger partial charge < -0.3 is 21.7 Å². The van der Waals surface area contributed by atoms with Gasteiger partial charge in [0.1, 0.15) is 23.1 Å². The second kappa shape index (κ2) is 4.06. The number of rotatable bonds is 1. The van der Waals surface area contributed by atoms with E-state index in [0.29, 0.717) is 0 Å². The number of phenols is 2. The predicted octanol–water partition coefficient (Wildman–Crippen LogP) is 2.21. The Labute approximate surface area is 101 Å². The highest BCUT2D eigenvalue weighted by Gasteiger charge is 2.15. The maximum absolute atomic E-state index is 13.7. The van der Waals surface area contributed by atoms with Crippen LogP contribution >= 0.6 is 0 Å². The van der Waals surface area contributed by atoms with E-state index >= 15 is 0 Å². The average Bonchev–Trinajstić information content (AvgIpc) is 2.29. The summed E-state index contributed by atoms with van der Waals surface area (Å²) in [4.78, 5) is 0. The molecular formula is C12H10F2N2O2. The van der Waals surface area contributed by atoms with Gasteiger partial charge in [-0.25, -0.2) is 8.78 Å². The van der Waals surface area contributed by atoms with Gasteiger partial charge in [-0.1, -0.05) is 0 Å². The van der Waals surface area contributed by atoms with Crippen LogP contribution in [0, 0.1) is 11.6 Å². The van der Waals surface area contributed by atoms with Gasteiger partial charge in [-0.2, -0.15) is 0 Å². The van der Waals surface area contributed by atoms with E-state index in [1.807, 2.05) is 0 Å². The number of nitrogens with two attached hydrogens (primary N) is 2. The fourth-order valence-electron chi connectivity index (χ4n) is 1.57. The summed E-state index contributed by atoms with van der Waals surface area (Å²) in [6, 6.07) is 3.71. The highest BCUT2D eigenvalue weighted by Crippen LogP contribution is 2.35. The molecule has 0 radical (unpaired) electrons. The molecule has 0 spiro atoms. The molecule has 2 aromatic carbocycles. The lowest BCUT2D eigenvalue weighted by atomic mass is 10.0. The number of phenolic OH excluding ortho intramolecular Hbond substituents is 2. The van der Waals surface area contributed by atoms with Crippen LogP contribution in [-0.2, 0) is 0 Å². The van der Waals surface area contributed by atoms with E-state index in [4.69, 9.17) is 11.5 Å². The maximum atomic E-state index is 13.7. The summed E-state index contributed by atoms with van der Waals surface area (Å²) in [6.07, 6.45) is 0. The summed E-state index contributed by atoms with van der Waals surface area (Å²) in [5.41, 5.74) is 9.87. The van der Waals surface area contributed by atoms with Crippen molar-refractivity contribution in [2.24, 2.45) is 0 Å². The molecule has 94 valence electrons. The molecule has 0 aromatic heterocycles. The molecular weight excluding hydrogens is 242 g/mol. The Morgan fingerprint density at radius 2 is 1.06 bits per heavy atom. The minimum atomic E-state index is -0.812. The molecule has 0 aliphatic carbocycles. The van der Waals surface area contributed by atoms with Crippen LogP contribution in [0.5, 0.6) is 11.5 Å². The van der Waals surface area contributed by atoms with E-state index in [2.05, 4.69) is 0 Å². The molecule has 0 heterocycles. The smallest absolute Gasteiger partial charge is 0.139 e. The van der Waals surface area contributed by atoms with Gasteiger partial charge in [-0.3, -0.25) is 0 Å². The lowest BCUT2D eigenvalue weighted by Crippen LogP contribution is -1.95. The number of benzene rings is 2. The van der Waals surface area contributed by atoms with Crippen LogP contribution in [0.3, 0.4) is 0 Å². The molecule has 0 unspecified atom stereocenters. The monoisotopic (exact) mass is 252 g/mol. The molecule has 0 saturated heterocycles. The van der Waals surface area contributed by atoms with Crippen LogP contribution in [-0.4, -0.2) is 10.2 Å². The summed E-state index contributed by atoms with van der Waals surface area (Å²) in [5.74, 6) is -2.37. The molecule has 0 aliphatic rings. The van der Waals surface area contributed by atoms with Crippen LogP contribution in [0.4, 0.5) is 20.2 Å². The quantitative estimate of drug-likeness (QED) is 0.462. The van der Waals surface area contributed by atoms with Crippen molar-refractivity contribution in [1.82, 2.24) is 0 Å². The van der Waals surface area contributed by atoms with Crippen LogP contribution < -0.4 is 11.5 Å². The van der Waals surface area contributed by atoms with Crippen molar-refractivity contribution >= 4 is 11.4 Å². The normalized spacial score (nSPS) is 10.6. The van der Waals surface area contributed by atoms with Crippen LogP contribution in [0.15, 0.2) is 24.3 Å². The fraction of sp³-hybridized carbons (Fsp3) is 0. The Balaban J connectivity index is 2.69.